The number of benzene rings is 1. The highest BCUT2D eigenvalue weighted by molar-refractivity contribution is 5.79. The van der Waals surface area contributed by atoms with Crippen LogP contribution in [0.15, 0.2) is 42.6 Å². The molecule has 1 aliphatic heterocycles. The molecule has 2 aromatic rings. The van der Waals surface area contributed by atoms with Gasteiger partial charge in [-0.15, -0.1) is 0 Å². The van der Waals surface area contributed by atoms with Crippen molar-refractivity contribution in [2.24, 2.45) is 11.8 Å². The minimum Gasteiger partial charge on any atom is -0.357 e. The van der Waals surface area contributed by atoms with Gasteiger partial charge in [0.2, 0.25) is 5.91 Å². The molecule has 1 aromatic carbocycles. The molecule has 1 amide bonds. The maximum absolute atomic E-state index is 13.0. The fourth-order valence-electron chi connectivity index (χ4n) is 4.10. The molecule has 30 heavy (non-hydrogen) atoms. The zero-order valence-corrected chi connectivity index (χ0v) is 18.3. The zero-order valence-electron chi connectivity index (χ0n) is 18.3. The van der Waals surface area contributed by atoms with E-state index in [1.807, 2.05) is 6.07 Å². The molecule has 1 aliphatic rings. The predicted octanol–water partition coefficient (Wildman–Crippen LogP) is 4.64. The van der Waals surface area contributed by atoms with Gasteiger partial charge in [-0.3, -0.25) is 4.79 Å². The highest BCUT2D eigenvalue weighted by Gasteiger charge is 2.28. The largest absolute Gasteiger partial charge is 0.357 e. The summed E-state index contributed by atoms with van der Waals surface area (Å²) in [5, 5.41) is 12.2. The van der Waals surface area contributed by atoms with E-state index < -0.39 is 0 Å². The average Bonchev–Trinajstić information content (AvgIpc) is 2.78. The number of amides is 1. The van der Waals surface area contributed by atoms with Gasteiger partial charge in [-0.25, -0.2) is 4.98 Å². The molecule has 1 atom stereocenters. The number of hydrogen-bond donors (Lipinski definition) is 1. The van der Waals surface area contributed by atoms with Gasteiger partial charge in [0.1, 0.15) is 11.9 Å². The molecule has 2 heterocycles. The lowest BCUT2D eigenvalue weighted by atomic mass is 9.91. The molecule has 0 saturated carbocycles. The lowest BCUT2D eigenvalue weighted by Gasteiger charge is -2.33. The Hall–Kier alpha value is -2.87. The number of carbonyl (C=O) groups is 1. The van der Waals surface area contributed by atoms with Crippen LogP contribution in [0.3, 0.4) is 0 Å². The summed E-state index contributed by atoms with van der Waals surface area (Å²) in [5.74, 6) is 1.38. The summed E-state index contributed by atoms with van der Waals surface area (Å²) >= 11 is 0. The summed E-state index contributed by atoms with van der Waals surface area (Å²) < 4.78 is 0. The molecule has 5 nitrogen and oxygen atoms in total. The van der Waals surface area contributed by atoms with E-state index in [0.29, 0.717) is 11.5 Å². The van der Waals surface area contributed by atoms with Gasteiger partial charge in [0, 0.05) is 25.2 Å². The van der Waals surface area contributed by atoms with Crippen molar-refractivity contribution < 1.29 is 4.79 Å². The molecule has 0 aliphatic carbocycles. The summed E-state index contributed by atoms with van der Waals surface area (Å²) in [4.78, 5) is 19.6. The van der Waals surface area contributed by atoms with E-state index in [0.717, 1.165) is 44.6 Å². The van der Waals surface area contributed by atoms with Crippen LogP contribution in [-0.2, 0) is 11.2 Å². The maximum atomic E-state index is 13.0. The normalized spacial score (nSPS) is 15.6. The third kappa shape index (κ3) is 5.38. The molecule has 0 spiro atoms. The summed E-state index contributed by atoms with van der Waals surface area (Å²) in [6, 6.07) is 14.5. The Morgan fingerprint density at radius 1 is 1.20 bits per heavy atom. The Morgan fingerprint density at radius 2 is 1.90 bits per heavy atom. The Kier molecular flexibility index (Phi) is 7.46. The molecule has 5 heteroatoms. The molecular weight excluding hydrogens is 372 g/mol. The molecule has 1 N–H and O–H groups in total. The first-order valence-corrected chi connectivity index (χ1v) is 11.0. The van der Waals surface area contributed by atoms with Crippen LogP contribution < -0.4 is 10.2 Å². The number of nitriles is 1. The van der Waals surface area contributed by atoms with Crippen LogP contribution in [0.1, 0.15) is 62.8 Å². The molecule has 1 unspecified atom stereocenters. The van der Waals surface area contributed by atoms with Crippen LogP contribution in [0.2, 0.25) is 0 Å². The highest BCUT2D eigenvalue weighted by atomic mass is 16.2. The summed E-state index contributed by atoms with van der Waals surface area (Å²) in [6.07, 6.45) is 5.46. The number of aromatic nitrogens is 1. The van der Waals surface area contributed by atoms with Gasteiger partial charge >= 0.3 is 0 Å². The molecule has 1 saturated heterocycles. The highest BCUT2D eigenvalue weighted by Crippen LogP contribution is 2.26. The van der Waals surface area contributed by atoms with Crippen molar-refractivity contribution in [3.05, 3.63) is 59.3 Å². The van der Waals surface area contributed by atoms with Crippen molar-refractivity contribution in [1.82, 2.24) is 10.3 Å². The monoisotopic (exact) mass is 404 g/mol. The standard InChI is InChI=1S/C25H32N4O/c1-4-5-19-6-9-21(10-7-19)24(18(2)3)28-25(30)22-12-14-29(15-13-22)23-11-8-20(16-26)17-27-23/h6-11,17-18,22,24H,4-5,12-15H2,1-3H3,(H,28,30). The zero-order chi connectivity index (χ0) is 21.5. The van der Waals surface area contributed by atoms with Crippen LogP contribution in [-0.4, -0.2) is 24.0 Å². The van der Waals surface area contributed by atoms with Crippen molar-refractivity contribution in [3.63, 3.8) is 0 Å². The van der Waals surface area contributed by atoms with Gasteiger partial charge in [-0.2, -0.15) is 5.26 Å². The van der Waals surface area contributed by atoms with E-state index >= 15 is 0 Å². The SMILES string of the molecule is CCCc1ccc(C(NC(=O)C2CCN(c3ccc(C#N)cn3)CC2)C(C)C)cc1. The topological polar surface area (TPSA) is 69.0 Å². The van der Waals surface area contributed by atoms with Crippen LogP contribution in [0.5, 0.6) is 0 Å². The fraction of sp³-hybridized carbons (Fsp3) is 0.480. The first-order valence-electron chi connectivity index (χ1n) is 11.0. The third-order valence-electron chi connectivity index (χ3n) is 5.91. The van der Waals surface area contributed by atoms with E-state index in [1.165, 1.54) is 11.1 Å². The molecule has 158 valence electrons. The number of rotatable bonds is 7. The van der Waals surface area contributed by atoms with Crippen molar-refractivity contribution in [1.29, 1.82) is 5.26 Å². The number of nitrogens with one attached hydrogen (secondary N) is 1. The number of carbonyl (C=O) groups excluding carboxylic acids is 1. The second-order valence-corrected chi connectivity index (χ2v) is 8.50. The molecule has 3 rings (SSSR count). The molecule has 1 fully saturated rings. The molecular formula is C25H32N4O. The van der Waals surface area contributed by atoms with Crippen molar-refractivity contribution in [2.45, 2.75) is 52.5 Å². The predicted molar refractivity (Wildman–Crippen MR) is 120 cm³/mol. The lowest BCUT2D eigenvalue weighted by molar-refractivity contribution is -0.126. The minimum absolute atomic E-state index is 0.0280. The minimum atomic E-state index is 0.0280. The summed E-state index contributed by atoms with van der Waals surface area (Å²) in [7, 11) is 0. The van der Waals surface area contributed by atoms with Gasteiger partial charge in [0.25, 0.3) is 0 Å². The maximum Gasteiger partial charge on any atom is 0.223 e. The van der Waals surface area contributed by atoms with Crippen LogP contribution in [0.25, 0.3) is 0 Å². The van der Waals surface area contributed by atoms with Crippen molar-refractivity contribution >= 4 is 11.7 Å². The fourth-order valence-corrected chi connectivity index (χ4v) is 4.10. The van der Waals surface area contributed by atoms with Gasteiger partial charge in [0.05, 0.1) is 11.6 Å². The molecule has 0 bridgehead atoms. The van der Waals surface area contributed by atoms with Gasteiger partial charge in [0.15, 0.2) is 0 Å². The Morgan fingerprint density at radius 3 is 2.43 bits per heavy atom. The van der Waals surface area contributed by atoms with Gasteiger partial charge in [-0.1, -0.05) is 51.5 Å². The average molecular weight is 405 g/mol. The Labute approximate surface area is 180 Å². The smallest absolute Gasteiger partial charge is 0.223 e. The number of pyridine rings is 1. The number of hydrogen-bond acceptors (Lipinski definition) is 4. The van der Waals surface area contributed by atoms with Crippen LogP contribution in [0, 0.1) is 23.2 Å². The summed E-state index contributed by atoms with van der Waals surface area (Å²) in [6.45, 7) is 8.10. The van der Waals surface area contributed by atoms with Crippen molar-refractivity contribution in [3.8, 4) is 6.07 Å². The number of anilines is 1. The second-order valence-electron chi connectivity index (χ2n) is 8.50. The number of piperidine rings is 1. The quantitative estimate of drug-likeness (QED) is 0.730. The summed E-state index contributed by atoms with van der Waals surface area (Å²) in [5.41, 5.74) is 3.09. The van der Waals surface area contributed by atoms with Crippen molar-refractivity contribution in [2.75, 3.05) is 18.0 Å². The van der Waals surface area contributed by atoms with E-state index in [2.05, 4.69) is 66.3 Å². The lowest BCUT2D eigenvalue weighted by Crippen LogP contribution is -2.42. The molecule has 1 aromatic heterocycles. The van der Waals surface area contributed by atoms with E-state index in [1.54, 1.807) is 12.3 Å². The third-order valence-corrected chi connectivity index (χ3v) is 5.91. The first kappa shape index (κ1) is 21.8. The van der Waals surface area contributed by atoms with Crippen LogP contribution in [0.4, 0.5) is 5.82 Å². The van der Waals surface area contributed by atoms with E-state index in [9.17, 15) is 4.79 Å². The van der Waals surface area contributed by atoms with Gasteiger partial charge in [-0.05, 0) is 48.4 Å². The Balaban J connectivity index is 1.58. The van der Waals surface area contributed by atoms with E-state index in [-0.39, 0.29) is 17.9 Å². The Bertz CT molecular complexity index is 860. The number of aryl methyl sites for hydroxylation is 1. The van der Waals surface area contributed by atoms with E-state index in [4.69, 9.17) is 5.26 Å². The molecule has 0 radical (unpaired) electrons. The van der Waals surface area contributed by atoms with Crippen LogP contribution >= 0.6 is 0 Å². The second kappa shape index (κ2) is 10.2. The number of nitrogens with zero attached hydrogens (tertiary/aromatic N) is 3. The van der Waals surface area contributed by atoms with Gasteiger partial charge < -0.3 is 10.2 Å². The first-order chi connectivity index (χ1) is 14.5.